The second-order valence-corrected chi connectivity index (χ2v) is 10.2. The molecule has 4 atom stereocenters. The van der Waals surface area contributed by atoms with Crippen LogP contribution in [0, 0.1) is 5.92 Å². The highest BCUT2D eigenvalue weighted by atomic mass is 16.4. The summed E-state index contributed by atoms with van der Waals surface area (Å²) in [5.41, 5.74) is 8.56. The molecule has 11 nitrogen and oxygen atoms in total. The van der Waals surface area contributed by atoms with Crippen LogP contribution in [0.2, 0.25) is 0 Å². The van der Waals surface area contributed by atoms with Crippen molar-refractivity contribution in [3.05, 3.63) is 71.9 Å². The summed E-state index contributed by atoms with van der Waals surface area (Å²) in [5, 5.41) is 27.2. The van der Waals surface area contributed by atoms with Crippen LogP contribution in [0.15, 0.2) is 60.8 Å². The Morgan fingerprint density at radius 3 is 2.08 bits per heavy atom. The van der Waals surface area contributed by atoms with Crippen LogP contribution < -0.4 is 21.7 Å². The topological polar surface area (TPSA) is 187 Å². The number of fused-ring (bicyclic) bond motifs is 1. The number of aromatic amines is 1. The van der Waals surface area contributed by atoms with Crippen LogP contribution in [0.25, 0.3) is 10.9 Å². The first kappa shape index (κ1) is 30.3. The molecule has 8 N–H and O–H groups in total. The molecule has 1 aromatic heterocycles. The number of rotatable bonds is 14. The minimum Gasteiger partial charge on any atom is -0.480 e. The van der Waals surface area contributed by atoms with Crippen molar-refractivity contribution in [2.45, 2.75) is 57.3 Å². The van der Waals surface area contributed by atoms with E-state index >= 15 is 0 Å². The first-order valence-corrected chi connectivity index (χ1v) is 13.2. The van der Waals surface area contributed by atoms with Crippen LogP contribution in [0.4, 0.5) is 0 Å². The van der Waals surface area contributed by atoms with Gasteiger partial charge in [0, 0.05) is 23.5 Å². The number of benzene rings is 2. The zero-order valence-corrected chi connectivity index (χ0v) is 22.6. The van der Waals surface area contributed by atoms with Gasteiger partial charge in [-0.15, -0.1) is 0 Å². The summed E-state index contributed by atoms with van der Waals surface area (Å²) in [4.78, 5) is 54.1. The SMILES string of the molecule is CC(C)CC(NC(=O)C(N)Cc1ccccc1)C(=O)NC(Cc1c[nH]c2ccccc12)C(=O)NC(CO)C(=O)O. The maximum absolute atomic E-state index is 13.5. The number of hydrogen-bond acceptors (Lipinski definition) is 6. The first-order chi connectivity index (χ1) is 19.1. The highest BCUT2D eigenvalue weighted by Crippen LogP contribution is 2.19. The number of H-pyrrole nitrogens is 1. The maximum Gasteiger partial charge on any atom is 0.328 e. The average molecular weight is 552 g/mol. The molecular formula is C29H37N5O6. The van der Waals surface area contributed by atoms with Crippen molar-refractivity contribution < 1.29 is 29.4 Å². The van der Waals surface area contributed by atoms with E-state index in [1.165, 1.54) is 0 Å². The van der Waals surface area contributed by atoms with Crippen LogP contribution in [-0.4, -0.2) is 69.7 Å². The quantitative estimate of drug-likeness (QED) is 0.155. The van der Waals surface area contributed by atoms with Gasteiger partial charge in [0.1, 0.15) is 18.1 Å². The van der Waals surface area contributed by atoms with Gasteiger partial charge in [-0.1, -0.05) is 62.4 Å². The lowest BCUT2D eigenvalue weighted by atomic mass is 9.99. The van der Waals surface area contributed by atoms with Crippen LogP contribution in [0.3, 0.4) is 0 Å². The summed E-state index contributed by atoms with van der Waals surface area (Å²) in [6.07, 6.45) is 2.32. The summed E-state index contributed by atoms with van der Waals surface area (Å²) in [6.45, 7) is 2.97. The lowest BCUT2D eigenvalue weighted by Gasteiger charge is -2.26. The summed E-state index contributed by atoms with van der Waals surface area (Å²) >= 11 is 0. The van der Waals surface area contributed by atoms with E-state index in [1.54, 1.807) is 6.20 Å². The molecule has 214 valence electrons. The Balaban J connectivity index is 1.80. The fourth-order valence-corrected chi connectivity index (χ4v) is 4.40. The van der Waals surface area contributed by atoms with E-state index in [4.69, 9.17) is 5.73 Å². The minimum absolute atomic E-state index is 0.0214. The highest BCUT2D eigenvalue weighted by Gasteiger charge is 2.31. The van der Waals surface area contributed by atoms with Crippen LogP contribution in [0.5, 0.6) is 0 Å². The molecule has 40 heavy (non-hydrogen) atoms. The minimum atomic E-state index is -1.54. The number of aliphatic carboxylic acids is 1. The Morgan fingerprint density at radius 2 is 1.43 bits per heavy atom. The molecule has 4 unspecified atom stereocenters. The average Bonchev–Trinajstić information content (AvgIpc) is 3.33. The van der Waals surface area contributed by atoms with Crippen LogP contribution >= 0.6 is 0 Å². The van der Waals surface area contributed by atoms with E-state index in [9.17, 15) is 29.4 Å². The van der Waals surface area contributed by atoms with Crippen LogP contribution in [0.1, 0.15) is 31.4 Å². The number of carbonyl (C=O) groups is 4. The van der Waals surface area contributed by atoms with E-state index in [0.717, 1.165) is 22.0 Å². The summed E-state index contributed by atoms with van der Waals surface area (Å²) in [6, 6.07) is 12.1. The van der Waals surface area contributed by atoms with Crippen molar-refractivity contribution >= 4 is 34.6 Å². The van der Waals surface area contributed by atoms with Gasteiger partial charge in [-0.05, 0) is 36.0 Å². The maximum atomic E-state index is 13.5. The van der Waals surface area contributed by atoms with E-state index in [2.05, 4.69) is 20.9 Å². The molecule has 0 saturated heterocycles. The van der Waals surface area contributed by atoms with Gasteiger partial charge in [0.15, 0.2) is 0 Å². The van der Waals surface area contributed by atoms with Gasteiger partial charge in [-0.3, -0.25) is 14.4 Å². The monoisotopic (exact) mass is 551 g/mol. The Labute approximate surface area is 232 Å². The molecule has 0 bridgehead atoms. The van der Waals surface area contributed by atoms with Gasteiger partial charge in [-0.2, -0.15) is 0 Å². The predicted octanol–water partition coefficient (Wildman–Crippen LogP) is 0.858. The van der Waals surface area contributed by atoms with Crippen molar-refractivity contribution in [1.29, 1.82) is 0 Å². The largest absolute Gasteiger partial charge is 0.480 e. The number of aliphatic hydroxyl groups excluding tert-OH is 1. The van der Waals surface area contributed by atoms with Gasteiger partial charge >= 0.3 is 5.97 Å². The molecule has 0 spiro atoms. The molecule has 0 fully saturated rings. The number of aromatic nitrogens is 1. The number of nitrogens with two attached hydrogens (primary N) is 1. The highest BCUT2D eigenvalue weighted by molar-refractivity contribution is 5.95. The Kier molecular flexibility index (Phi) is 10.8. The number of amides is 3. The molecule has 11 heteroatoms. The smallest absolute Gasteiger partial charge is 0.328 e. The van der Waals surface area contributed by atoms with Crippen molar-refractivity contribution in [1.82, 2.24) is 20.9 Å². The van der Waals surface area contributed by atoms with E-state index in [1.807, 2.05) is 68.4 Å². The Morgan fingerprint density at radius 1 is 0.825 bits per heavy atom. The summed E-state index contributed by atoms with van der Waals surface area (Å²) in [5.74, 6) is -3.28. The van der Waals surface area contributed by atoms with Gasteiger partial charge in [0.2, 0.25) is 17.7 Å². The van der Waals surface area contributed by atoms with E-state index in [0.29, 0.717) is 0 Å². The Bertz CT molecular complexity index is 1310. The molecule has 3 aromatic rings. The summed E-state index contributed by atoms with van der Waals surface area (Å²) < 4.78 is 0. The standard InChI is InChI=1S/C29H37N5O6/c1-17(2)12-23(32-26(36)21(30)13-18-8-4-3-5-9-18)27(37)33-24(28(38)34-25(16-35)29(39)40)14-19-15-31-22-11-7-6-10-20(19)22/h3-11,15,17,21,23-25,31,35H,12-14,16,30H2,1-2H3,(H,32,36)(H,33,37)(H,34,38)(H,39,40). The van der Waals surface area contributed by atoms with E-state index < -0.39 is 54.5 Å². The molecule has 1 heterocycles. The first-order valence-electron chi connectivity index (χ1n) is 13.2. The van der Waals surface area contributed by atoms with Crippen LogP contribution in [-0.2, 0) is 32.0 Å². The number of para-hydroxylation sites is 1. The molecule has 0 aliphatic heterocycles. The third-order valence-electron chi connectivity index (χ3n) is 6.50. The molecule has 2 aromatic carbocycles. The lowest BCUT2D eigenvalue weighted by molar-refractivity contribution is -0.143. The van der Waals surface area contributed by atoms with Crippen molar-refractivity contribution in [2.24, 2.45) is 11.7 Å². The zero-order chi connectivity index (χ0) is 29.2. The Hall–Kier alpha value is -4.22. The number of carbonyl (C=O) groups excluding carboxylic acids is 3. The molecule has 0 saturated carbocycles. The fourth-order valence-electron chi connectivity index (χ4n) is 4.40. The second kappa shape index (κ2) is 14.2. The van der Waals surface area contributed by atoms with Gasteiger partial charge in [0.25, 0.3) is 0 Å². The zero-order valence-electron chi connectivity index (χ0n) is 22.6. The number of hydrogen-bond donors (Lipinski definition) is 7. The molecular weight excluding hydrogens is 514 g/mol. The van der Waals surface area contributed by atoms with Crippen molar-refractivity contribution in [2.75, 3.05) is 6.61 Å². The number of carboxylic acids is 1. The van der Waals surface area contributed by atoms with E-state index in [-0.39, 0.29) is 25.2 Å². The van der Waals surface area contributed by atoms with Crippen molar-refractivity contribution in [3.63, 3.8) is 0 Å². The molecule has 0 aliphatic rings. The third-order valence-corrected chi connectivity index (χ3v) is 6.50. The summed E-state index contributed by atoms with van der Waals surface area (Å²) in [7, 11) is 0. The number of nitrogens with one attached hydrogen (secondary N) is 4. The number of aliphatic hydroxyl groups is 1. The van der Waals surface area contributed by atoms with Crippen molar-refractivity contribution in [3.8, 4) is 0 Å². The van der Waals surface area contributed by atoms with Gasteiger partial charge < -0.3 is 36.9 Å². The molecule has 3 amide bonds. The number of carboxylic acid groups (broad SMARTS) is 1. The lowest BCUT2D eigenvalue weighted by Crippen LogP contribution is -2.58. The molecule has 0 aliphatic carbocycles. The second-order valence-electron chi connectivity index (χ2n) is 10.2. The van der Waals surface area contributed by atoms with Gasteiger partial charge in [0.05, 0.1) is 12.6 Å². The van der Waals surface area contributed by atoms with Gasteiger partial charge in [-0.25, -0.2) is 4.79 Å². The third kappa shape index (κ3) is 8.39. The predicted molar refractivity (Wildman–Crippen MR) is 150 cm³/mol. The molecule has 3 rings (SSSR count). The fraction of sp³-hybridized carbons (Fsp3) is 0.379. The molecule has 0 radical (unpaired) electrons. The normalized spacial score (nSPS) is 14.2.